The van der Waals surface area contributed by atoms with Crippen LogP contribution < -0.4 is 0 Å². The van der Waals surface area contributed by atoms with Crippen molar-refractivity contribution in [3.05, 3.63) is 10.3 Å². The molecule has 0 bridgehead atoms. The Balaban J connectivity index is 2.31. The average molecular weight is 178 g/mol. The third-order valence-electron chi connectivity index (χ3n) is 1.10. The summed E-state index contributed by atoms with van der Waals surface area (Å²) in [6, 6.07) is 0. The van der Waals surface area contributed by atoms with Crippen LogP contribution in [-0.2, 0) is 0 Å². The maximum atomic E-state index is 2.28. The van der Waals surface area contributed by atoms with Gasteiger partial charge in [0.15, 0.2) is 0 Å². The standard InChI is InChI=1S/C6H10S3/c1-3-5-4-8-6(7-2)9-5/h4,6H,3H2,1-2H3. The van der Waals surface area contributed by atoms with Crippen LogP contribution in [0.4, 0.5) is 0 Å². The molecule has 3 heteroatoms. The van der Waals surface area contributed by atoms with Gasteiger partial charge in [0.05, 0.1) is 0 Å². The monoisotopic (exact) mass is 178 g/mol. The maximum Gasteiger partial charge on any atom is 0.104 e. The van der Waals surface area contributed by atoms with E-state index in [-0.39, 0.29) is 0 Å². The van der Waals surface area contributed by atoms with E-state index in [9.17, 15) is 0 Å². The van der Waals surface area contributed by atoms with E-state index in [1.807, 2.05) is 35.3 Å². The first-order chi connectivity index (χ1) is 4.36. The van der Waals surface area contributed by atoms with Crippen LogP contribution in [0.3, 0.4) is 0 Å². The normalized spacial score (nSPS) is 26.4. The van der Waals surface area contributed by atoms with Crippen molar-refractivity contribution in [2.75, 3.05) is 6.26 Å². The van der Waals surface area contributed by atoms with E-state index >= 15 is 0 Å². The van der Waals surface area contributed by atoms with Gasteiger partial charge in [-0.15, -0.1) is 35.3 Å². The molecule has 1 atom stereocenters. The SMILES string of the molecule is CCC1=CSC(SC)S1. The zero-order valence-electron chi connectivity index (χ0n) is 5.59. The van der Waals surface area contributed by atoms with Gasteiger partial charge in [0, 0.05) is 0 Å². The molecule has 0 saturated heterocycles. The lowest BCUT2D eigenvalue weighted by atomic mass is 10.5. The van der Waals surface area contributed by atoms with E-state index in [1.54, 1.807) is 4.91 Å². The number of allylic oxidation sites excluding steroid dienone is 1. The smallest absolute Gasteiger partial charge is 0.104 e. The Bertz CT molecular complexity index is 119. The van der Waals surface area contributed by atoms with Gasteiger partial charge in [0.25, 0.3) is 0 Å². The zero-order valence-corrected chi connectivity index (χ0v) is 8.04. The van der Waals surface area contributed by atoms with Crippen molar-refractivity contribution in [2.24, 2.45) is 0 Å². The zero-order chi connectivity index (χ0) is 6.69. The molecule has 0 radical (unpaired) electrons. The van der Waals surface area contributed by atoms with Gasteiger partial charge in [-0.2, -0.15) is 0 Å². The maximum absolute atomic E-state index is 2.28. The summed E-state index contributed by atoms with van der Waals surface area (Å²) in [7, 11) is 0. The van der Waals surface area contributed by atoms with Crippen LogP contribution in [0.15, 0.2) is 10.3 Å². The van der Waals surface area contributed by atoms with Gasteiger partial charge in [0.2, 0.25) is 0 Å². The van der Waals surface area contributed by atoms with Crippen LogP contribution in [0.1, 0.15) is 13.3 Å². The fraction of sp³-hybridized carbons (Fsp3) is 0.667. The first-order valence-electron chi connectivity index (χ1n) is 2.90. The molecule has 1 aliphatic rings. The van der Waals surface area contributed by atoms with Gasteiger partial charge in [0.1, 0.15) is 3.91 Å². The van der Waals surface area contributed by atoms with Crippen molar-refractivity contribution in [1.29, 1.82) is 0 Å². The fourth-order valence-electron chi connectivity index (χ4n) is 0.581. The Hall–Kier alpha value is 0.790. The van der Waals surface area contributed by atoms with Crippen LogP contribution in [0.2, 0.25) is 0 Å². The molecule has 0 aromatic rings. The highest BCUT2D eigenvalue weighted by Crippen LogP contribution is 2.45. The highest BCUT2D eigenvalue weighted by molar-refractivity contribution is 8.35. The van der Waals surface area contributed by atoms with Gasteiger partial charge in [-0.05, 0) is 23.0 Å². The lowest BCUT2D eigenvalue weighted by Crippen LogP contribution is -1.79. The minimum absolute atomic E-state index is 0.736. The van der Waals surface area contributed by atoms with E-state index in [2.05, 4.69) is 18.6 Å². The minimum Gasteiger partial charge on any atom is -0.139 e. The number of thioether (sulfide) groups is 3. The number of hydrogen-bond donors (Lipinski definition) is 0. The molecule has 1 unspecified atom stereocenters. The highest BCUT2D eigenvalue weighted by atomic mass is 32.3. The Morgan fingerprint density at radius 1 is 1.78 bits per heavy atom. The molecule has 0 fully saturated rings. The molecule has 52 valence electrons. The fourth-order valence-corrected chi connectivity index (χ4v) is 3.94. The van der Waals surface area contributed by atoms with Gasteiger partial charge in [-0.1, -0.05) is 6.92 Å². The van der Waals surface area contributed by atoms with Crippen LogP contribution in [-0.4, -0.2) is 10.2 Å². The second-order valence-corrected chi connectivity index (χ2v) is 5.76. The third kappa shape index (κ3) is 2.13. The van der Waals surface area contributed by atoms with Crippen molar-refractivity contribution in [3.63, 3.8) is 0 Å². The molecule has 0 amide bonds. The van der Waals surface area contributed by atoms with E-state index in [0.29, 0.717) is 0 Å². The summed E-state index contributed by atoms with van der Waals surface area (Å²) in [4.78, 5) is 1.54. The highest BCUT2D eigenvalue weighted by Gasteiger charge is 2.14. The second-order valence-electron chi connectivity index (χ2n) is 1.72. The summed E-state index contributed by atoms with van der Waals surface area (Å²) in [5, 5.41) is 2.28. The van der Waals surface area contributed by atoms with Crippen molar-refractivity contribution in [3.8, 4) is 0 Å². The lowest BCUT2D eigenvalue weighted by Gasteiger charge is -2.01. The second kappa shape index (κ2) is 3.84. The van der Waals surface area contributed by atoms with Crippen molar-refractivity contribution >= 4 is 35.3 Å². The number of rotatable bonds is 2. The lowest BCUT2D eigenvalue weighted by molar-refractivity contribution is 1.21. The topological polar surface area (TPSA) is 0 Å². The average Bonchev–Trinajstić information content (AvgIpc) is 2.34. The van der Waals surface area contributed by atoms with Gasteiger partial charge >= 0.3 is 0 Å². The quantitative estimate of drug-likeness (QED) is 0.636. The van der Waals surface area contributed by atoms with E-state index < -0.39 is 0 Å². The van der Waals surface area contributed by atoms with Crippen LogP contribution in [0, 0.1) is 0 Å². The number of hydrogen-bond acceptors (Lipinski definition) is 3. The predicted octanol–water partition coefficient (Wildman–Crippen LogP) is 3.36. The summed E-state index contributed by atoms with van der Waals surface area (Å²) in [5.41, 5.74) is 0. The molecule has 0 aromatic carbocycles. The van der Waals surface area contributed by atoms with Crippen molar-refractivity contribution < 1.29 is 0 Å². The molecule has 1 aliphatic heterocycles. The van der Waals surface area contributed by atoms with Gasteiger partial charge in [-0.3, -0.25) is 0 Å². The summed E-state index contributed by atoms with van der Waals surface area (Å²) < 4.78 is 0.736. The minimum atomic E-state index is 0.736. The summed E-state index contributed by atoms with van der Waals surface area (Å²) >= 11 is 5.86. The van der Waals surface area contributed by atoms with E-state index in [0.717, 1.165) is 3.91 Å². The molecule has 0 spiro atoms. The predicted molar refractivity (Wildman–Crippen MR) is 50.9 cm³/mol. The Kier molecular flexibility index (Phi) is 3.37. The van der Waals surface area contributed by atoms with Crippen LogP contribution in [0.25, 0.3) is 0 Å². The van der Waals surface area contributed by atoms with Crippen molar-refractivity contribution in [1.82, 2.24) is 0 Å². The first kappa shape index (κ1) is 7.89. The molecule has 0 aromatic heterocycles. The van der Waals surface area contributed by atoms with E-state index in [1.165, 1.54) is 6.42 Å². The molecule has 0 nitrogen and oxygen atoms in total. The van der Waals surface area contributed by atoms with E-state index in [4.69, 9.17) is 0 Å². The molecular weight excluding hydrogens is 168 g/mol. The Morgan fingerprint density at radius 3 is 2.89 bits per heavy atom. The van der Waals surface area contributed by atoms with Crippen molar-refractivity contribution in [2.45, 2.75) is 17.3 Å². The summed E-state index contributed by atoms with van der Waals surface area (Å²) in [5.74, 6) is 0. The summed E-state index contributed by atoms with van der Waals surface area (Å²) in [6.45, 7) is 2.21. The van der Waals surface area contributed by atoms with Crippen LogP contribution in [0.5, 0.6) is 0 Å². The summed E-state index contributed by atoms with van der Waals surface area (Å²) in [6.07, 6.45) is 3.37. The Labute approximate surface area is 69.2 Å². The molecule has 1 heterocycles. The molecule has 0 saturated carbocycles. The van der Waals surface area contributed by atoms with Gasteiger partial charge < -0.3 is 0 Å². The molecular formula is C6H10S3. The molecule has 0 N–H and O–H groups in total. The molecule has 1 rings (SSSR count). The molecule has 9 heavy (non-hydrogen) atoms. The van der Waals surface area contributed by atoms with Gasteiger partial charge in [-0.25, -0.2) is 0 Å². The molecule has 0 aliphatic carbocycles. The Morgan fingerprint density at radius 2 is 2.56 bits per heavy atom. The largest absolute Gasteiger partial charge is 0.139 e. The third-order valence-corrected chi connectivity index (χ3v) is 5.58. The first-order valence-corrected chi connectivity index (χ1v) is 6.01. The van der Waals surface area contributed by atoms with Crippen LogP contribution >= 0.6 is 35.3 Å².